The smallest absolute Gasteiger partial charge is 0.268 e. The Kier molecular flexibility index (Phi) is 4.30. The molecule has 0 N–H and O–H groups in total. The highest BCUT2D eigenvalue weighted by atomic mass is 32.2. The first-order chi connectivity index (χ1) is 11.8. The fraction of sp³-hybridized carbons (Fsp3) is 0.0588. The maximum absolute atomic E-state index is 14.2. The Labute approximate surface area is 142 Å². The van der Waals surface area contributed by atoms with Gasteiger partial charge in [-0.15, -0.1) is 0 Å². The van der Waals surface area contributed by atoms with Crippen LogP contribution in [0.1, 0.15) is 0 Å². The number of benzene rings is 2. The molecule has 8 heteroatoms. The average molecular weight is 367 g/mol. The van der Waals surface area contributed by atoms with Crippen molar-refractivity contribution in [3.8, 4) is 17.0 Å². The highest BCUT2D eigenvalue weighted by Gasteiger charge is 2.25. The molecule has 4 nitrogen and oxygen atoms in total. The lowest BCUT2D eigenvalue weighted by Crippen LogP contribution is -2.14. The van der Waals surface area contributed by atoms with Crippen LogP contribution >= 0.6 is 0 Å². The molecule has 0 bridgehead atoms. The highest BCUT2D eigenvalue weighted by Crippen LogP contribution is 2.35. The lowest BCUT2D eigenvalue weighted by molar-refractivity contribution is 0.416. The minimum Gasteiger partial charge on any atom is -0.494 e. The van der Waals surface area contributed by atoms with Crippen LogP contribution in [0, 0.1) is 17.5 Å². The molecule has 0 amide bonds. The Morgan fingerprint density at radius 1 is 0.960 bits per heavy atom. The topological polar surface area (TPSA) is 48.3 Å². The number of hydrogen-bond donors (Lipinski definition) is 0. The number of ether oxygens (including phenoxy) is 1. The van der Waals surface area contributed by atoms with Crippen molar-refractivity contribution in [2.75, 3.05) is 7.11 Å². The maximum atomic E-state index is 14.2. The Morgan fingerprint density at radius 3 is 2.32 bits per heavy atom. The van der Waals surface area contributed by atoms with Crippen molar-refractivity contribution in [1.29, 1.82) is 0 Å². The number of rotatable bonds is 4. The van der Waals surface area contributed by atoms with Gasteiger partial charge in [0.1, 0.15) is 28.9 Å². The van der Waals surface area contributed by atoms with Crippen molar-refractivity contribution in [1.82, 2.24) is 3.97 Å². The minimum absolute atomic E-state index is 0.0745. The molecule has 0 aliphatic rings. The molecule has 3 rings (SSSR count). The summed E-state index contributed by atoms with van der Waals surface area (Å²) < 4.78 is 72.3. The van der Waals surface area contributed by atoms with Gasteiger partial charge in [-0.05, 0) is 36.4 Å². The summed E-state index contributed by atoms with van der Waals surface area (Å²) in [5, 5.41) is 0. The summed E-state index contributed by atoms with van der Waals surface area (Å²) in [6, 6.07) is 8.51. The van der Waals surface area contributed by atoms with E-state index in [1.807, 2.05) is 0 Å². The van der Waals surface area contributed by atoms with Gasteiger partial charge in [-0.1, -0.05) is 6.07 Å². The monoisotopic (exact) mass is 367 g/mol. The molecule has 3 aromatic rings. The molecule has 0 atom stereocenters. The second-order valence-electron chi connectivity index (χ2n) is 5.12. The molecule has 0 saturated carbocycles. The Bertz CT molecular complexity index is 1050. The van der Waals surface area contributed by atoms with Crippen molar-refractivity contribution in [2.45, 2.75) is 4.90 Å². The van der Waals surface area contributed by atoms with Crippen molar-refractivity contribution in [2.24, 2.45) is 0 Å². The Balaban J connectivity index is 2.27. The maximum Gasteiger partial charge on any atom is 0.268 e. The minimum atomic E-state index is -4.22. The van der Waals surface area contributed by atoms with Gasteiger partial charge in [0.05, 0.1) is 12.0 Å². The summed E-state index contributed by atoms with van der Waals surface area (Å²) in [5.74, 6) is -2.40. The summed E-state index contributed by atoms with van der Waals surface area (Å²) >= 11 is 0. The summed E-state index contributed by atoms with van der Waals surface area (Å²) in [7, 11) is -2.93. The average Bonchev–Trinajstić information content (AvgIpc) is 2.99. The van der Waals surface area contributed by atoms with E-state index in [-0.39, 0.29) is 21.9 Å². The normalized spacial score (nSPS) is 11.5. The first-order valence-electron chi connectivity index (χ1n) is 7.06. The molecule has 0 aliphatic heterocycles. The van der Waals surface area contributed by atoms with Crippen molar-refractivity contribution in [3.05, 3.63) is 72.2 Å². The van der Waals surface area contributed by atoms with Crippen LogP contribution in [0.3, 0.4) is 0 Å². The van der Waals surface area contributed by atoms with Gasteiger partial charge in [-0.3, -0.25) is 0 Å². The van der Waals surface area contributed by atoms with E-state index in [0.717, 1.165) is 34.4 Å². The third kappa shape index (κ3) is 3.00. The summed E-state index contributed by atoms with van der Waals surface area (Å²) in [6.45, 7) is 0. The molecule has 1 aromatic heterocycles. The predicted octanol–water partition coefficient (Wildman–Crippen LogP) is 3.82. The number of halogens is 3. The SMILES string of the molecule is COc1ccn(S(=O)(=O)c2cccc(F)c2)c1-c1ccc(F)cc1F. The van der Waals surface area contributed by atoms with Crippen LogP contribution in [0.15, 0.2) is 59.6 Å². The fourth-order valence-corrected chi connectivity index (χ4v) is 3.83. The molecule has 130 valence electrons. The third-order valence-electron chi connectivity index (χ3n) is 3.57. The van der Waals surface area contributed by atoms with E-state index in [9.17, 15) is 21.6 Å². The largest absolute Gasteiger partial charge is 0.494 e. The third-order valence-corrected chi connectivity index (χ3v) is 5.25. The molecule has 0 radical (unpaired) electrons. The molecule has 25 heavy (non-hydrogen) atoms. The lowest BCUT2D eigenvalue weighted by Gasteiger charge is -2.13. The van der Waals surface area contributed by atoms with E-state index < -0.39 is 27.5 Å². The van der Waals surface area contributed by atoms with E-state index in [0.29, 0.717) is 6.07 Å². The van der Waals surface area contributed by atoms with Gasteiger partial charge >= 0.3 is 0 Å². The fourth-order valence-electron chi connectivity index (χ4n) is 2.44. The van der Waals surface area contributed by atoms with Crippen LogP contribution in [0.4, 0.5) is 13.2 Å². The van der Waals surface area contributed by atoms with Gasteiger partial charge < -0.3 is 4.74 Å². The highest BCUT2D eigenvalue weighted by molar-refractivity contribution is 7.90. The summed E-state index contributed by atoms with van der Waals surface area (Å²) in [4.78, 5) is -0.311. The second-order valence-corrected chi connectivity index (χ2v) is 6.93. The molecular weight excluding hydrogens is 355 g/mol. The molecular formula is C17H12F3NO3S. The molecule has 2 aromatic carbocycles. The van der Waals surface area contributed by atoms with Crippen molar-refractivity contribution >= 4 is 10.0 Å². The van der Waals surface area contributed by atoms with E-state index in [4.69, 9.17) is 4.74 Å². The predicted molar refractivity (Wildman–Crippen MR) is 85.3 cm³/mol. The first-order valence-corrected chi connectivity index (χ1v) is 8.50. The summed E-state index contributed by atoms with van der Waals surface area (Å²) in [5.41, 5.74) is -0.285. The number of hydrogen-bond acceptors (Lipinski definition) is 3. The standard InChI is InChI=1S/C17H12F3NO3S/c1-24-16-7-8-21(17(16)14-6-5-12(19)10-15(14)20)25(22,23)13-4-2-3-11(18)9-13/h2-10H,1H3. The Morgan fingerprint density at radius 2 is 1.68 bits per heavy atom. The molecule has 0 unspecified atom stereocenters. The van der Waals surface area contributed by atoms with Crippen LogP contribution in [0.2, 0.25) is 0 Å². The van der Waals surface area contributed by atoms with Gasteiger partial charge in [0, 0.05) is 17.8 Å². The quantitative estimate of drug-likeness (QED) is 0.704. The van der Waals surface area contributed by atoms with E-state index >= 15 is 0 Å². The number of methoxy groups -OCH3 is 1. The number of nitrogens with zero attached hydrogens (tertiary/aromatic N) is 1. The van der Waals surface area contributed by atoms with Crippen molar-refractivity contribution < 1.29 is 26.3 Å². The van der Waals surface area contributed by atoms with Gasteiger partial charge in [-0.25, -0.2) is 25.6 Å². The zero-order chi connectivity index (χ0) is 18.2. The van der Waals surface area contributed by atoms with E-state index in [2.05, 4.69) is 0 Å². The molecule has 0 fully saturated rings. The van der Waals surface area contributed by atoms with E-state index in [1.165, 1.54) is 25.3 Å². The van der Waals surface area contributed by atoms with Crippen LogP contribution in [0.25, 0.3) is 11.3 Å². The summed E-state index contributed by atoms with van der Waals surface area (Å²) in [6.07, 6.45) is 1.16. The molecule has 0 spiro atoms. The van der Waals surface area contributed by atoms with Crippen LogP contribution in [-0.2, 0) is 10.0 Å². The van der Waals surface area contributed by atoms with Crippen molar-refractivity contribution in [3.63, 3.8) is 0 Å². The molecule has 0 aliphatic carbocycles. The van der Waals surface area contributed by atoms with Gasteiger partial charge in [-0.2, -0.15) is 0 Å². The lowest BCUT2D eigenvalue weighted by atomic mass is 10.1. The van der Waals surface area contributed by atoms with Gasteiger partial charge in [0.25, 0.3) is 10.0 Å². The van der Waals surface area contributed by atoms with Crippen LogP contribution in [-0.4, -0.2) is 19.5 Å². The Hall–Kier alpha value is -2.74. The number of aromatic nitrogens is 1. The zero-order valence-electron chi connectivity index (χ0n) is 12.9. The van der Waals surface area contributed by atoms with Crippen LogP contribution in [0.5, 0.6) is 5.75 Å². The zero-order valence-corrected chi connectivity index (χ0v) is 13.7. The van der Waals surface area contributed by atoms with Gasteiger partial charge in [0.2, 0.25) is 0 Å². The second kappa shape index (κ2) is 6.29. The molecule has 0 saturated heterocycles. The molecule has 1 heterocycles. The van der Waals surface area contributed by atoms with E-state index in [1.54, 1.807) is 0 Å². The first kappa shape index (κ1) is 17.1. The van der Waals surface area contributed by atoms with Gasteiger partial charge in [0.15, 0.2) is 0 Å². The van der Waals surface area contributed by atoms with Crippen LogP contribution < -0.4 is 4.74 Å².